The third kappa shape index (κ3) is 25.0. The second-order valence-corrected chi connectivity index (χ2v) is 15.7. The van der Waals surface area contributed by atoms with E-state index in [2.05, 4.69) is 55.6 Å². The fourth-order valence-electron chi connectivity index (χ4n) is 6.95. The molecule has 1 saturated heterocycles. The third-order valence-electron chi connectivity index (χ3n) is 10.7. The summed E-state index contributed by atoms with van der Waals surface area (Å²) in [5, 5.41) is 75.3. The molecule has 1 amide bonds. The van der Waals surface area contributed by atoms with Crippen molar-refractivity contribution in [2.75, 3.05) is 13.2 Å². The van der Waals surface area contributed by atoms with Crippen LogP contribution in [0.2, 0.25) is 0 Å². The largest absolute Gasteiger partial charge is 0.394 e. The quantitative estimate of drug-likeness (QED) is 0.0247. The average molecular weight is 798 g/mol. The number of aliphatic hydroxyl groups excluding tert-OH is 7. The van der Waals surface area contributed by atoms with E-state index in [-0.39, 0.29) is 12.8 Å². The molecule has 0 bridgehead atoms. The Bertz CT molecular complexity index is 1010. The minimum absolute atomic E-state index is 0.252. The molecule has 1 heterocycles. The minimum atomic E-state index is -1.67. The lowest BCUT2D eigenvalue weighted by molar-refractivity contribution is -0.303. The van der Waals surface area contributed by atoms with Gasteiger partial charge in [-0.25, -0.2) is 0 Å². The van der Waals surface area contributed by atoms with Gasteiger partial charge in [-0.3, -0.25) is 4.79 Å². The van der Waals surface area contributed by atoms with E-state index in [1.165, 1.54) is 83.5 Å². The highest BCUT2D eigenvalue weighted by Gasteiger charge is 2.44. The summed E-state index contributed by atoms with van der Waals surface area (Å²) < 4.78 is 11.0. The summed E-state index contributed by atoms with van der Waals surface area (Å²) in [4.78, 5) is 13.0. The van der Waals surface area contributed by atoms with Crippen LogP contribution >= 0.6 is 0 Å². The van der Waals surface area contributed by atoms with Gasteiger partial charge in [0, 0.05) is 0 Å². The van der Waals surface area contributed by atoms with Crippen molar-refractivity contribution in [3.05, 3.63) is 36.5 Å². The first-order chi connectivity index (χ1) is 27.2. The van der Waals surface area contributed by atoms with Gasteiger partial charge in [0.05, 0.1) is 25.4 Å². The van der Waals surface area contributed by atoms with Gasteiger partial charge in [0.25, 0.3) is 0 Å². The molecule has 328 valence electrons. The highest BCUT2D eigenvalue weighted by Crippen LogP contribution is 2.23. The maximum Gasteiger partial charge on any atom is 0.249 e. The molecule has 0 aliphatic carbocycles. The first kappa shape index (κ1) is 52.3. The van der Waals surface area contributed by atoms with E-state index >= 15 is 0 Å². The maximum absolute atomic E-state index is 13.0. The van der Waals surface area contributed by atoms with Gasteiger partial charge in [-0.05, 0) is 64.2 Å². The Morgan fingerprint density at radius 2 is 1.16 bits per heavy atom. The van der Waals surface area contributed by atoms with E-state index in [0.717, 1.165) is 51.4 Å². The molecule has 1 aliphatic rings. The van der Waals surface area contributed by atoms with Crippen molar-refractivity contribution in [2.45, 2.75) is 229 Å². The summed E-state index contributed by atoms with van der Waals surface area (Å²) in [6, 6.07) is -1.18. The Balaban J connectivity index is 2.40. The van der Waals surface area contributed by atoms with Crippen LogP contribution in [0.5, 0.6) is 0 Å². The third-order valence-corrected chi connectivity index (χ3v) is 10.7. The summed E-state index contributed by atoms with van der Waals surface area (Å²) in [7, 11) is 0. The molecule has 0 aromatic carbocycles. The second kappa shape index (κ2) is 35.3. The van der Waals surface area contributed by atoms with Crippen molar-refractivity contribution < 1.29 is 50.0 Å². The zero-order valence-electron chi connectivity index (χ0n) is 35.1. The lowest BCUT2D eigenvalue weighted by Gasteiger charge is -2.40. The molecule has 1 aliphatic heterocycles. The van der Waals surface area contributed by atoms with Crippen LogP contribution in [0, 0.1) is 0 Å². The Kier molecular flexibility index (Phi) is 33.0. The van der Waals surface area contributed by atoms with Gasteiger partial charge in [-0.15, -0.1) is 0 Å². The van der Waals surface area contributed by atoms with Crippen LogP contribution in [0.15, 0.2) is 36.5 Å². The Labute approximate surface area is 339 Å². The number of hydrogen-bond acceptors (Lipinski definition) is 10. The lowest BCUT2D eigenvalue weighted by Crippen LogP contribution is -2.60. The average Bonchev–Trinajstić information content (AvgIpc) is 3.20. The van der Waals surface area contributed by atoms with E-state index in [4.69, 9.17) is 9.47 Å². The highest BCUT2D eigenvalue weighted by atomic mass is 16.7. The topological polar surface area (TPSA) is 189 Å². The van der Waals surface area contributed by atoms with Gasteiger partial charge in [0.1, 0.15) is 36.6 Å². The van der Waals surface area contributed by atoms with Crippen molar-refractivity contribution in [2.24, 2.45) is 0 Å². The SMILES string of the molecule is CC/C=C\C/C=C\CCCCCCCCCCCCCCCC(O)C(=O)NC(COC1OC(CO)C(O)C(O)C1O)C(O)C(O)CCC/C=C/CCCCCC. The van der Waals surface area contributed by atoms with E-state index in [1.54, 1.807) is 0 Å². The molecule has 8 N–H and O–H groups in total. The van der Waals surface area contributed by atoms with Crippen molar-refractivity contribution in [3.8, 4) is 0 Å². The molecule has 0 aromatic rings. The fourth-order valence-corrected chi connectivity index (χ4v) is 6.95. The smallest absolute Gasteiger partial charge is 0.249 e. The first-order valence-electron chi connectivity index (χ1n) is 22.4. The fraction of sp³-hybridized carbons (Fsp3) is 0.844. The van der Waals surface area contributed by atoms with E-state index < -0.39 is 74.2 Å². The zero-order chi connectivity index (χ0) is 41.2. The van der Waals surface area contributed by atoms with Crippen LogP contribution in [0.25, 0.3) is 0 Å². The molecular formula is C45H83NO10. The normalized spacial score (nSPS) is 22.6. The number of carbonyl (C=O) groups excluding carboxylic acids is 1. The number of carbonyl (C=O) groups is 1. The van der Waals surface area contributed by atoms with E-state index in [9.17, 15) is 40.5 Å². The number of nitrogens with one attached hydrogen (secondary N) is 1. The van der Waals surface area contributed by atoms with Gasteiger partial charge in [-0.2, -0.15) is 0 Å². The summed E-state index contributed by atoms with van der Waals surface area (Å²) in [5.41, 5.74) is 0. The molecular weight excluding hydrogens is 714 g/mol. The molecule has 1 fully saturated rings. The van der Waals surface area contributed by atoms with E-state index in [0.29, 0.717) is 12.8 Å². The predicted octanol–water partition coefficient (Wildman–Crippen LogP) is 6.83. The molecule has 9 unspecified atom stereocenters. The molecule has 11 nitrogen and oxygen atoms in total. The van der Waals surface area contributed by atoms with Gasteiger partial charge in [0.15, 0.2) is 6.29 Å². The Morgan fingerprint density at radius 3 is 1.73 bits per heavy atom. The zero-order valence-corrected chi connectivity index (χ0v) is 35.1. The van der Waals surface area contributed by atoms with Crippen LogP contribution in [0.4, 0.5) is 0 Å². The molecule has 11 heteroatoms. The van der Waals surface area contributed by atoms with Gasteiger partial charge < -0.3 is 50.5 Å². The van der Waals surface area contributed by atoms with Crippen LogP contribution in [-0.4, -0.2) is 110 Å². The van der Waals surface area contributed by atoms with Crippen LogP contribution in [0.1, 0.15) is 174 Å². The minimum Gasteiger partial charge on any atom is -0.394 e. The number of hydrogen-bond donors (Lipinski definition) is 8. The Morgan fingerprint density at radius 1 is 0.643 bits per heavy atom. The summed E-state index contributed by atoms with van der Waals surface area (Å²) >= 11 is 0. The molecule has 0 radical (unpaired) electrons. The molecule has 0 spiro atoms. The predicted molar refractivity (Wildman–Crippen MR) is 224 cm³/mol. The number of aliphatic hydroxyl groups is 7. The second-order valence-electron chi connectivity index (χ2n) is 15.7. The standard InChI is InChI=1S/C45H83NO10/c1-3-5-7-9-11-13-14-15-16-17-18-19-20-21-22-23-25-27-29-31-33-38(49)44(54)46-36(35-55-45-43(53)42(52)41(51)39(34-47)56-45)40(50)37(48)32-30-28-26-24-12-10-8-6-4-2/h5,7,11,13,24,26,36-43,45,47-53H,3-4,6,8-10,12,14-23,25,27-35H2,1-2H3,(H,46,54)/b7-5-,13-11-,26-24+. The summed E-state index contributed by atoms with van der Waals surface area (Å²) in [6.07, 6.45) is 27.9. The number of rotatable bonds is 36. The Hall–Kier alpha value is -1.67. The lowest BCUT2D eigenvalue weighted by atomic mass is 9.98. The molecule has 56 heavy (non-hydrogen) atoms. The molecule has 0 saturated carbocycles. The van der Waals surface area contributed by atoms with Crippen LogP contribution in [-0.2, 0) is 14.3 Å². The maximum atomic E-state index is 13.0. The van der Waals surface area contributed by atoms with E-state index in [1.807, 2.05) is 0 Å². The van der Waals surface area contributed by atoms with Crippen LogP contribution in [0.3, 0.4) is 0 Å². The molecule has 0 aromatic heterocycles. The van der Waals surface area contributed by atoms with Crippen LogP contribution < -0.4 is 5.32 Å². The molecule has 1 rings (SSSR count). The van der Waals surface area contributed by atoms with Gasteiger partial charge in [0.2, 0.25) is 5.91 Å². The summed E-state index contributed by atoms with van der Waals surface area (Å²) in [5.74, 6) is -0.711. The van der Waals surface area contributed by atoms with Gasteiger partial charge >= 0.3 is 0 Å². The first-order valence-corrected chi connectivity index (χ1v) is 22.4. The molecule has 9 atom stereocenters. The van der Waals surface area contributed by atoms with Crippen molar-refractivity contribution in [1.82, 2.24) is 5.32 Å². The summed E-state index contributed by atoms with van der Waals surface area (Å²) in [6.45, 7) is 3.26. The van der Waals surface area contributed by atoms with Crippen molar-refractivity contribution in [1.29, 1.82) is 0 Å². The van der Waals surface area contributed by atoms with Crippen molar-refractivity contribution in [3.63, 3.8) is 0 Å². The number of amides is 1. The number of ether oxygens (including phenoxy) is 2. The highest BCUT2D eigenvalue weighted by molar-refractivity contribution is 5.80. The number of allylic oxidation sites excluding steroid dienone is 6. The number of unbranched alkanes of at least 4 members (excludes halogenated alkanes) is 18. The monoisotopic (exact) mass is 798 g/mol. The van der Waals surface area contributed by atoms with Gasteiger partial charge in [-0.1, -0.05) is 147 Å². The van der Waals surface area contributed by atoms with Crippen molar-refractivity contribution >= 4 is 5.91 Å².